The molecule has 1 aromatic carbocycles. The van der Waals surface area contributed by atoms with Gasteiger partial charge in [-0.25, -0.2) is 0 Å². The van der Waals surface area contributed by atoms with Crippen molar-refractivity contribution in [3.63, 3.8) is 0 Å². The van der Waals surface area contributed by atoms with Gasteiger partial charge in [0.05, 0.1) is 11.3 Å². The number of piperidine rings is 1. The lowest BCUT2D eigenvalue weighted by molar-refractivity contribution is 0.112. The third-order valence-corrected chi connectivity index (χ3v) is 4.21. The Kier molecular flexibility index (Phi) is 4.75. The molecule has 0 aromatic heterocycles. The van der Waals surface area contributed by atoms with Crippen LogP contribution in [-0.4, -0.2) is 43.9 Å². The predicted octanol–water partition coefficient (Wildman–Crippen LogP) is 2.29. The smallest absolute Gasteiger partial charge is 0.150 e. The maximum atomic E-state index is 10.8. The second kappa shape index (κ2) is 6.53. The fourth-order valence-corrected chi connectivity index (χ4v) is 2.84. The van der Waals surface area contributed by atoms with E-state index in [1.54, 1.807) is 12.1 Å². The number of rotatable bonds is 4. The molecule has 0 atom stereocenters. The number of carbonyl (C=O) groups is 1. The molecule has 1 saturated heterocycles. The molecule has 0 spiro atoms. The third kappa shape index (κ3) is 3.00. The summed E-state index contributed by atoms with van der Waals surface area (Å²) in [7, 11) is 2.04. The molecule has 0 N–H and O–H groups in total. The van der Waals surface area contributed by atoms with Crippen LogP contribution >= 0.6 is 0 Å². The Morgan fingerprint density at radius 2 is 2.15 bits per heavy atom. The summed E-state index contributed by atoms with van der Waals surface area (Å²) in [6.45, 7) is 5.52. The Balaban J connectivity index is 2.15. The van der Waals surface area contributed by atoms with Gasteiger partial charge in [0, 0.05) is 31.7 Å². The SMILES string of the molecule is CCN1CCC(N(C)c2ccc(C=O)cc2C#N)CC1. The second-order valence-corrected chi connectivity index (χ2v) is 5.28. The Hall–Kier alpha value is -1.86. The number of hydrogen-bond donors (Lipinski definition) is 0. The van der Waals surface area contributed by atoms with Crippen LogP contribution in [0.3, 0.4) is 0 Å². The molecule has 4 heteroatoms. The van der Waals surface area contributed by atoms with E-state index in [1.807, 2.05) is 13.1 Å². The first-order valence-electron chi connectivity index (χ1n) is 7.14. The van der Waals surface area contributed by atoms with Crippen molar-refractivity contribution < 1.29 is 4.79 Å². The lowest BCUT2D eigenvalue weighted by Crippen LogP contribution is -2.43. The summed E-state index contributed by atoms with van der Waals surface area (Å²) < 4.78 is 0. The van der Waals surface area contributed by atoms with Crippen molar-refractivity contribution in [2.75, 3.05) is 31.6 Å². The first kappa shape index (κ1) is 14.5. The molecule has 1 heterocycles. The molecular formula is C16H21N3O. The number of aldehydes is 1. The zero-order valence-electron chi connectivity index (χ0n) is 12.2. The summed E-state index contributed by atoms with van der Waals surface area (Å²) >= 11 is 0. The van der Waals surface area contributed by atoms with Crippen LogP contribution in [0.15, 0.2) is 18.2 Å². The van der Waals surface area contributed by atoms with E-state index in [2.05, 4.69) is 22.8 Å². The molecule has 20 heavy (non-hydrogen) atoms. The maximum absolute atomic E-state index is 10.8. The molecule has 106 valence electrons. The number of nitrogens with zero attached hydrogens (tertiary/aromatic N) is 3. The topological polar surface area (TPSA) is 47.3 Å². The molecule has 1 aliphatic heterocycles. The van der Waals surface area contributed by atoms with Crippen molar-refractivity contribution in [3.05, 3.63) is 29.3 Å². The average Bonchev–Trinajstić information content (AvgIpc) is 2.53. The summed E-state index contributed by atoms with van der Waals surface area (Å²) in [4.78, 5) is 15.4. The van der Waals surface area contributed by atoms with Crippen LogP contribution in [0, 0.1) is 11.3 Å². The molecule has 4 nitrogen and oxygen atoms in total. The Labute approximate surface area is 120 Å². The molecule has 0 bridgehead atoms. The van der Waals surface area contributed by atoms with Gasteiger partial charge in [-0.05, 0) is 37.6 Å². The van der Waals surface area contributed by atoms with Crippen LogP contribution in [0.5, 0.6) is 0 Å². The summed E-state index contributed by atoms with van der Waals surface area (Å²) in [6, 6.07) is 7.99. The van der Waals surface area contributed by atoms with Gasteiger partial charge in [-0.15, -0.1) is 0 Å². The maximum Gasteiger partial charge on any atom is 0.150 e. The molecule has 1 aliphatic rings. The zero-order valence-corrected chi connectivity index (χ0v) is 12.2. The van der Waals surface area contributed by atoms with Gasteiger partial charge in [-0.3, -0.25) is 4.79 Å². The highest BCUT2D eigenvalue weighted by atomic mass is 16.1. The molecule has 0 aliphatic carbocycles. The fraction of sp³-hybridized carbons (Fsp3) is 0.500. The molecule has 0 saturated carbocycles. The highest BCUT2D eigenvalue weighted by molar-refractivity contribution is 5.78. The van der Waals surface area contributed by atoms with Crippen LogP contribution in [0.4, 0.5) is 5.69 Å². The van der Waals surface area contributed by atoms with E-state index in [0.29, 0.717) is 17.2 Å². The van der Waals surface area contributed by atoms with Gasteiger partial charge in [0.1, 0.15) is 12.4 Å². The summed E-state index contributed by atoms with van der Waals surface area (Å²) in [6.07, 6.45) is 3.01. The molecular weight excluding hydrogens is 250 g/mol. The number of anilines is 1. The lowest BCUT2D eigenvalue weighted by atomic mass is 10.0. The highest BCUT2D eigenvalue weighted by Crippen LogP contribution is 2.25. The second-order valence-electron chi connectivity index (χ2n) is 5.28. The number of likely N-dealkylation sites (tertiary alicyclic amines) is 1. The van der Waals surface area contributed by atoms with Crippen molar-refractivity contribution in [1.82, 2.24) is 4.90 Å². The first-order chi connectivity index (χ1) is 9.69. The van der Waals surface area contributed by atoms with E-state index in [-0.39, 0.29) is 0 Å². The normalized spacial score (nSPS) is 16.6. The van der Waals surface area contributed by atoms with E-state index in [9.17, 15) is 10.1 Å². The Morgan fingerprint density at radius 3 is 2.70 bits per heavy atom. The van der Waals surface area contributed by atoms with Gasteiger partial charge >= 0.3 is 0 Å². The summed E-state index contributed by atoms with van der Waals surface area (Å²) in [5.41, 5.74) is 2.06. The third-order valence-electron chi connectivity index (χ3n) is 4.21. The first-order valence-corrected chi connectivity index (χ1v) is 7.14. The molecule has 1 fully saturated rings. The highest BCUT2D eigenvalue weighted by Gasteiger charge is 2.23. The monoisotopic (exact) mass is 271 g/mol. The quantitative estimate of drug-likeness (QED) is 0.788. The van der Waals surface area contributed by atoms with Gasteiger partial charge in [0.15, 0.2) is 0 Å². The van der Waals surface area contributed by atoms with Gasteiger partial charge in [-0.2, -0.15) is 5.26 Å². The number of benzene rings is 1. The molecule has 0 unspecified atom stereocenters. The molecule has 1 aromatic rings. The van der Waals surface area contributed by atoms with Crippen LogP contribution in [0.2, 0.25) is 0 Å². The van der Waals surface area contributed by atoms with Crippen LogP contribution in [0.1, 0.15) is 35.7 Å². The van der Waals surface area contributed by atoms with Gasteiger partial charge in [0.2, 0.25) is 0 Å². The van der Waals surface area contributed by atoms with Gasteiger partial charge in [0.25, 0.3) is 0 Å². The van der Waals surface area contributed by atoms with Crippen LogP contribution in [-0.2, 0) is 0 Å². The van der Waals surface area contributed by atoms with Gasteiger partial charge < -0.3 is 9.80 Å². The van der Waals surface area contributed by atoms with Crippen LogP contribution < -0.4 is 4.90 Å². The van der Waals surface area contributed by atoms with Gasteiger partial charge in [-0.1, -0.05) is 6.92 Å². The van der Waals surface area contributed by atoms with E-state index >= 15 is 0 Å². The minimum atomic E-state index is 0.465. The molecule has 2 rings (SSSR count). The van der Waals surface area contributed by atoms with E-state index in [1.165, 1.54) is 0 Å². The van der Waals surface area contributed by atoms with E-state index < -0.39 is 0 Å². The lowest BCUT2D eigenvalue weighted by Gasteiger charge is -2.37. The van der Waals surface area contributed by atoms with Crippen molar-refractivity contribution >= 4 is 12.0 Å². The molecule has 0 amide bonds. The van der Waals surface area contributed by atoms with Crippen LogP contribution in [0.25, 0.3) is 0 Å². The van der Waals surface area contributed by atoms with E-state index in [4.69, 9.17) is 0 Å². The summed E-state index contributed by atoms with van der Waals surface area (Å²) in [5, 5.41) is 9.26. The van der Waals surface area contributed by atoms with Crippen molar-refractivity contribution in [2.45, 2.75) is 25.8 Å². The number of hydrogen-bond acceptors (Lipinski definition) is 4. The Morgan fingerprint density at radius 1 is 1.45 bits per heavy atom. The fourth-order valence-electron chi connectivity index (χ4n) is 2.84. The zero-order chi connectivity index (χ0) is 14.5. The minimum absolute atomic E-state index is 0.465. The standard InChI is InChI=1S/C16H21N3O/c1-3-19-8-6-15(7-9-19)18(2)16-5-4-13(12-20)10-14(16)11-17/h4-5,10,12,15H,3,6-9H2,1-2H3. The summed E-state index contributed by atoms with van der Waals surface area (Å²) in [5.74, 6) is 0. The Bertz CT molecular complexity index is 513. The predicted molar refractivity (Wildman–Crippen MR) is 80.1 cm³/mol. The van der Waals surface area contributed by atoms with Crippen molar-refractivity contribution in [3.8, 4) is 6.07 Å². The largest absolute Gasteiger partial charge is 0.370 e. The number of carbonyl (C=O) groups excluding carboxylic acids is 1. The average molecular weight is 271 g/mol. The molecule has 0 radical (unpaired) electrons. The minimum Gasteiger partial charge on any atom is -0.370 e. The number of nitriles is 1. The van der Waals surface area contributed by atoms with Crippen molar-refractivity contribution in [1.29, 1.82) is 5.26 Å². The van der Waals surface area contributed by atoms with Crippen molar-refractivity contribution in [2.24, 2.45) is 0 Å². The van der Waals surface area contributed by atoms with E-state index in [0.717, 1.165) is 44.4 Å².